The van der Waals surface area contributed by atoms with Gasteiger partial charge in [-0.2, -0.15) is 0 Å². The van der Waals surface area contributed by atoms with Gasteiger partial charge in [0.15, 0.2) is 5.65 Å². The molecule has 0 saturated heterocycles. The Morgan fingerprint density at radius 1 is 1.62 bits per heavy atom. The molecule has 0 bridgehead atoms. The van der Waals surface area contributed by atoms with E-state index in [0.717, 1.165) is 16.6 Å². The molecule has 0 saturated carbocycles. The first-order chi connectivity index (χ1) is 7.67. The van der Waals surface area contributed by atoms with Gasteiger partial charge in [0.1, 0.15) is 0 Å². The van der Waals surface area contributed by atoms with E-state index in [2.05, 4.69) is 31.5 Å². The topological polar surface area (TPSA) is 46.9 Å². The molecular weight excluding hydrogens is 337 g/mol. The summed E-state index contributed by atoms with van der Waals surface area (Å²) >= 11 is 2.20. The Labute approximate surface area is 110 Å². The van der Waals surface area contributed by atoms with Gasteiger partial charge in [0.2, 0.25) is 0 Å². The van der Waals surface area contributed by atoms with E-state index in [-0.39, 0.29) is 5.91 Å². The van der Waals surface area contributed by atoms with Gasteiger partial charge in [0.05, 0.1) is 5.56 Å². The molecule has 0 aliphatic carbocycles. The van der Waals surface area contributed by atoms with Crippen LogP contribution < -0.4 is 5.32 Å². The van der Waals surface area contributed by atoms with E-state index >= 15 is 0 Å². The zero-order chi connectivity index (χ0) is 11.7. The Morgan fingerprint density at radius 3 is 3.00 bits per heavy atom. The minimum atomic E-state index is -0.108. The molecule has 0 aromatic carbocycles. The number of halogens is 1. The molecule has 1 N–H and O–H groups in total. The average molecular weight is 347 g/mol. The third kappa shape index (κ3) is 1.91. The number of hydrogen-bond donors (Lipinski definition) is 1. The van der Waals surface area contributed by atoms with Crippen molar-refractivity contribution >= 4 is 47.3 Å². The quantitative estimate of drug-likeness (QED) is 0.850. The third-order valence-corrected chi connectivity index (χ3v) is 4.07. The van der Waals surface area contributed by atoms with Crippen LogP contribution in [0.4, 0.5) is 0 Å². The molecule has 0 atom stereocenters. The van der Waals surface area contributed by atoms with Crippen LogP contribution in [0.5, 0.6) is 0 Å². The van der Waals surface area contributed by atoms with Crippen molar-refractivity contribution in [3.05, 3.63) is 29.6 Å². The van der Waals surface area contributed by atoms with E-state index in [1.54, 1.807) is 22.4 Å². The number of nitrogens with one attached hydrogen (secondary N) is 1. The van der Waals surface area contributed by atoms with Crippen molar-refractivity contribution < 1.29 is 4.79 Å². The minimum absolute atomic E-state index is 0.108. The number of aromatic nitrogens is 2. The van der Waals surface area contributed by atoms with Gasteiger partial charge < -0.3 is 5.32 Å². The summed E-state index contributed by atoms with van der Waals surface area (Å²) in [6.07, 6.45) is 3.62. The van der Waals surface area contributed by atoms with Crippen molar-refractivity contribution in [1.29, 1.82) is 0 Å². The van der Waals surface area contributed by atoms with Crippen LogP contribution in [0.3, 0.4) is 0 Å². The number of aryl methyl sites for hydroxylation is 1. The minimum Gasteiger partial charge on any atom is -0.355 e. The highest BCUT2D eigenvalue weighted by atomic mass is 127. The zero-order valence-electron chi connectivity index (χ0n) is 8.82. The normalized spacial score (nSPS) is 10.7. The van der Waals surface area contributed by atoms with Crippen molar-refractivity contribution in [2.24, 2.45) is 0 Å². The summed E-state index contributed by atoms with van der Waals surface area (Å²) in [5.74, 6) is -0.108. The van der Waals surface area contributed by atoms with Gasteiger partial charge in [-0.1, -0.05) is 0 Å². The smallest absolute Gasteiger partial charge is 0.252 e. The molecule has 0 radical (unpaired) electrons. The molecule has 0 unspecified atom stereocenters. The summed E-state index contributed by atoms with van der Waals surface area (Å²) in [7, 11) is 3.18. The van der Waals surface area contributed by atoms with Crippen molar-refractivity contribution in [3.63, 3.8) is 0 Å². The highest BCUT2D eigenvalue weighted by molar-refractivity contribution is 14.2. The summed E-state index contributed by atoms with van der Waals surface area (Å²) in [6, 6.07) is 1.87. The van der Waals surface area contributed by atoms with Gasteiger partial charge in [-0.15, -0.1) is 0 Å². The van der Waals surface area contributed by atoms with Gasteiger partial charge in [0, 0.05) is 55.2 Å². The van der Waals surface area contributed by atoms with Crippen molar-refractivity contribution in [3.8, 4) is 0 Å². The Kier molecular flexibility index (Phi) is 3.38. The Bertz CT molecular complexity index is 552. The average Bonchev–Trinajstić information content (AvgIpc) is 2.64. The molecule has 0 aliphatic heterocycles. The predicted octanol–water partition coefficient (Wildman–Crippen LogP) is 2.55. The van der Waals surface area contributed by atoms with E-state index in [1.807, 2.05) is 23.2 Å². The van der Waals surface area contributed by atoms with Gasteiger partial charge in [-0.3, -0.25) is 8.77 Å². The van der Waals surface area contributed by atoms with Crippen molar-refractivity contribution in [2.45, 2.75) is 6.92 Å². The van der Waals surface area contributed by atoms with Crippen LogP contribution in [-0.4, -0.2) is 21.9 Å². The summed E-state index contributed by atoms with van der Waals surface area (Å²) in [4.78, 5) is 15.8. The van der Waals surface area contributed by atoms with E-state index in [1.165, 1.54) is 0 Å². The molecule has 0 fully saturated rings. The summed E-state index contributed by atoms with van der Waals surface area (Å²) in [6.45, 7) is 2.01. The van der Waals surface area contributed by atoms with E-state index in [9.17, 15) is 4.79 Å². The molecule has 84 valence electrons. The highest BCUT2D eigenvalue weighted by Crippen LogP contribution is 2.26. The fraction of sp³-hybridized carbons (Fsp3) is 0.200. The third-order valence-electron chi connectivity index (χ3n) is 2.37. The fourth-order valence-electron chi connectivity index (χ4n) is 1.55. The van der Waals surface area contributed by atoms with Crippen LogP contribution in [0.1, 0.15) is 15.9 Å². The van der Waals surface area contributed by atoms with Gasteiger partial charge in [0.25, 0.3) is 5.91 Å². The molecule has 2 rings (SSSR count). The molecule has 16 heavy (non-hydrogen) atoms. The van der Waals surface area contributed by atoms with E-state index in [4.69, 9.17) is 0 Å². The van der Waals surface area contributed by atoms with Crippen molar-refractivity contribution in [1.82, 2.24) is 14.3 Å². The van der Waals surface area contributed by atoms with Crippen LogP contribution in [-0.2, 0) is 0 Å². The van der Waals surface area contributed by atoms with E-state index in [0.29, 0.717) is 5.56 Å². The number of pyridine rings is 1. The second-order valence-electron chi connectivity index (χ2n) is 3.38. The second kappa shape index (κ2) is 4.62. The fourth-order valence-corrected chi connectivity index (χ4v) is 2.86. The van der Waals surface area contributed by atoms with Crippen LogP contribution in [0, 0.1) is 6.92 Å². The number of carbonyl (C=O) groups is 1. The molecule has 4 nitrogen and oxygen atoms in total. The Hall–Kier alpha value is -0.760. The lowest BCUT2D eigenvalue weighted by molar-refractivity contribution is 0.0963. The molecular formula is C10H10IN3OS. The molecule has 6 heteroatoms. The van der Waals surface area contributed by atoms with Crippen LogP contribution in [0.15, 0.2) is 18.5 Å². The van der Waals surface area contributed by atoms with Crippen LogP contribution in [0.2, 0.25) is 0 Å². The number of rotatable bonds is 2. The SMILES string of the molecule is CNC(=O)c1cnc2c(c1)c(C)cn2SI. The highest BCUT2D eigenvalue weighted by Gasteiger charge is 2.10. The van der Waals surface area contributed by atoms with Crippen LogP contribution in [0.25, 0.3) is 11.0 Å². The molecule has 1 amide bonds. The summed E-state index contributed by atoms with van der Waals surface area (Å²) < 4.78 is 1.98. The maximum atomic E-state index is 11.5. The lowest BCUT2D eigenvalue weighted by Crippen LogP contribution is -2.17. The number of nitrogens with zero attached hydrogens (tertiary/aromatic N) is 2. The monoisotopic (exact) mass is 347 g/mol. The van der Waals surface area contributed by atoms with Gasteiger partial charge in [-0.25, -0.2) is 4.98 Å². The number of amides is 1. The first-order valence-electron chi connectivity index (χ1n) is 4.66. The largest absolute Gasteiger partial charge is 0.355 e. The molecule has 2 aromatic rings. The summed E-state index contributed by atoms with van der Waals surface area (Å²) in [5.41, 5.74) is 2.61. The second-order valence-corrected chi connectivity index (χ2v) is 5.09. The van der Waals surface area contributed by atoms with Gasteiger partial charge in [-0.05, 0) is 18.6 Å². The first kappa shape index (κ1) is 11.7. The summed E-state index contributed by atoms with van der Waals surface area (Å²) in [5, 5.41) is 3.61. The lowest BCUT2D eigenvalue weighted by Gasteiger charge is -2.00. The maximum Gasteiger partial charge on any atom is 0.252 e. The molecule has 2 heterocycles. The zero-order valence-corrected chi connectivity index (χ0v) is 11.8. The Morgan fingerprint density at radius 2 is 2.38 bits per heavy atom. The molecule has 0 spiro atoms. The van der Waals surface area contributed by atoms with Crippen LogP contribution >= 0.6 is 30.3 Å². The lowest BCUT2D eigenvalue weighted by atomic mass is 10.2. The molecule has 0 aliphatic rings. The predicted molar refractivity (Wildman–Crippen MR) is 74.9 cm³/mol. The number of fused-ring (bicyclic) bond motifs is 1. The van der Waals surface area contributed by atoms with E-state index < -0.39 is 0 Å². The number of hydrogen-bond acceptors (Lipinski definition) is 3. The Balaban J connectivity index is 2.62. The van der Waals surface area contributed by atoms with Gasteiger partial charge >= 0.3 is 0 Å². The standard InChI is InChI=1S/C10H10IN3OS/c1-6-5-14(16-11)9-8(6)3-7(4-13-9)10(15)12-2/h3-5H,1-2H3,(H,12,15). The molecule has 2 aromatic heterocycles. The maximum absolute atomic E-state index is 11.5. The van der Waals surface area contributed by atoms with Crippen molar-refractivity contribution in [2.75, 3.05) is 7.05 Å². The number of carbonyl (C=O) groups excluding carboxylic acids is 1. The first-order valence-corrected chi connectivity index (χ1v) is 7.98.